The summed E-state index contributed by atoms with van der Waals surface area (Å²) in [6, 6.07) is 10.3. The molecule has 0 spiro atoms. The average Bonchev–Trinajstić information content (AvgIpc) is 2.68. The van der Waals surface area contributed by atoms with Crippen molar-refractivity contribution < 1.29 is 8.42 Å². The van der Waals surface area contributed by atoms with Gasteiger partial charge in [0, 0.05) is 24.2 Å². The summed E-state index contributed by atoms with van der Waals surface area (Å²) in [6.45, 7) is 4.48. The lowest BCUT2D eigenvalue weighted by Crippen LogP contribution is -2.41. The highest BCUT2D eigenvalue weighted by Crippen LogP contribution is 2.28. The Morgan fingerprint density at radius 1 is 1.07 bits per heavy atom. The molecule has 8 heteroatoms. The van der Waals surface area contributed by atoms with Crippen molar-refractivity contribution in [3.05, 3.63) is 69.2 Å². The molecule has 6 nitrogen and oxygen atoms in total. The summed E-state index contributed by atoms with van der Waals surface area (Å²) in [4.78, 5) is 17.6. The molecule has 0 atom stereocenters. The van der Waals surface area contributed by atoms with E-state index in [0.717, 1.165) is 11.1 Å². The zero-order valence-electron chi connectivity index (χ0n) is 16.3. The van der Waals surface area contributed by atoms with Gasteiger partial charge < -0.3 is 0 Å². The Bertz CT molecular complexity index is 1250. The quantitative estimate of drug-likeness (QED) is 0.634. The second-order valence-electron chi connectivity index (χ2n) is 7.52. The molecule has 4 rings (SSSR count). The maximum atomic E-state index is 13.1. The molecule has 0 aliphatic carbocycles. The largest absolute Gasteiger partial charge is 0.296 e. The predicted molar refractivity (Wildman–Crippen MR) is 114 cm³/mol. The number of aryl methyl sites for hydroxylation is 2. The van der Waals surface area contributed by atoms with E-state index in [2.05, 4.69) is 4.98 Å². The standard InChI is InChI=1S/C21H22ClN3O3S/c1-14-3-6-20(15(2)11-14)29(27,28)24-9-7-17(8-10-24)25-13-23-19-5-4-16(22)12-18(19)21(25)26/h3-6,11-13,17H,7-10H2,1-2H3. The molecular weight excluding hydrogens is 410 g/mol. The summed E-state index contributed by atoms with van der Waals surface area (Å²) < 4.78 is 29.3. The topological polar surface area (TPSA) is 72.3 Å². The van der Waals surface area contributed by atoms with Crippen LogP contribution in [0, 0.1) is 13.8 Å². The van der Waals surface area contributed by atoms with Gasteiger partial charge in [-0.25, -0.2) is 13.4 Å². The number of fused-ring (bicyclic) bond motifs is 1. The number of aromatic nitrogens is 2. The number of benzene rings is 2. The summed E-state index contributed by atoms with van der Waals surface area (Å²) >= 11 is 6.03. The monoisotopic (exact) mass is 431 g/mol. The number of halogens is 1. The first kappa shape index (κ1) is 20.1. The van der Waals surface area contributed by atoms with Crippen molar-refractivity contribution in [3.8, 4) is 0 Å². The van der Waals surface area contributed by atoms with Crippen molar-refractivity contribution in [2.24, 2.45) is 0 Å². The van der Waals surface area contributed by atoms with E-state index in [9.17, 15) is 13.2 Å². The van der Waals surface area contributed by atoms with Crippen LogP contribution in [0.1, 0.15) is 30.0 Å². The van der Waals surface area contributed by atoms with Gasteiger partial charge in [0.05, 0.1) is 22.1 Å². The first-order valence-corrected chi connectivity index (χ1v) is 11.3. The Labute approximate surface area is 174 Å². The highest BCUT2D eigenvalue weighted by atomic mass is 35.5. The second-order valence-corrected chi connectivity index (χ2v) is 9.87. The fraction of sp³-hybridized carbons (Fsp3) is 0.333. The maximum Gasteiger partial charge on any atom is 0.261 e. The smallest absolute Gasteiger partial charge is 0.261 e. The molecule has 0 unspecified atom stereocenters. The Hall–Kier alpha value is -2.22. The molecule has 2 heterocycles. The molecule has 0 radical (unpaired) electrons. The van der Waals surface area contributed by atoms with E-state index < -0.39 is 10.0 Å². The van der Waals surface area contributed by atoms with Gasteiger partial charge in [0.2, 0.25) is 10.0 Å². The Balaban J connectivity index is 1.57. The van der Waals surface area contributed by atoms with Crippen molar-refractivity contribution in [3.63, 3.8) is 0 Å². The Morgan fingerprint density at radius 3 is 2.48 bits per heavy atom. The number of piperidine rings is 1. The minimum absolute atomic E-state index is 0.0936. The van der Waals surface area contributed by atoms with E-state index >= 15 is 0 Å². The van der Waals surface area contributed by atoms with Crippen molar-refractivity contribution in [2.75, 3.05) is 13.1 Å². The molecule has 0 bridgehead atoms. The van der Waals surface area contributed by atoms with Gasteiger partial charge in [-0.3, -0.25) is 9.36 Å². The van der Waals surface area contributed by atoms with E-state index in [0.29, 0.717) is 46.8 Å². The summed E-state index contributed by atoms with van der Waals surface area (Å²) in [6.07, 6.45) is 2.66. The maximum absolute atomic E-state index is 13.1. The van der Waals surface area contributed by atoms with Crippen LogP contribution in [0.3, 0.4) is 0 Å². The molecule has 152 valence electrons. The number of hydrogen-bond donors (Lipinski definition) is 0. The number of hydrogen-bond acceptors (Lipinski definition) is 4. The van der Waals surface area contributed by atoms with Gasteiger partial charge >= 0.3 is 0 Å². The first-order valence-electron chi connectivity index (χ1n) is 9.51. The Morgan fingerprint density at radius 2 is 1.79 bits per heavy atom. The van der Waals surface area contributed by atoms with Gasteiger partial charge in [-0.2, -0.15) is 4.31 Å². The fourth-order valence-electron chi connectivity index (χ4n) is 3.96. The van der Waals surface area contributed by atoms with Crippen LogP contribution in [0.4, 0.5) is 0 Å². The lowest BCUT2D eigenvalue weighted by atomic mass is 10.1. The average molecular weight is 432 g/mol. The van der Waals surface area contributed by atoms with Crippen LogP contribution >= 0.6 is 11.6 Å². The third kappa shape index (κ3) is 3.70. The molecule has 0 saturated carbocycles. The van der Waals surface area contributed by atoms with E-state index in [1.54, 1.807) is 35.2 Å². The zero-order chi connectivity index (χ0) is 20.8. The lowest BCUT2D eigenvalue weighted by molar-refractivity contribution is 0.269. The fourth-order valence-corrected chi connectivity index (χ4v) is 5.80. The van der Waals surface area contributed by atoms with Crippen molar-refractivity contribution >= 4 is 32.5 Å². The lowest BCUT2D eigenvalue weighted by Gasteiger charge is -2.32. The van der Waals surface area contributed by atoms with Crippen LogP contribution in [0.2, 0.25) is 5.02 Å². The summed E-state index contributed by atoms with van der Waals surface area (Å²) in [7, 11) is -3.55. The van der Waals surface area contributed by atoms with Crippen molar-refractivity contribution in [2.45, 2.75) is 37.6 Å². The highest BCUT2D eigenvalue weighted by molar-refractivity contribution is 7.89. The minimum atomic E-state index is -3.55. The van der Waals surface area contributed by atoms with Crippen LogP contribution in [0.25, 0.3) is 10.9 Å². The zero-order valence-corrected chi connectivity index (χ0v) is 17.9. The van der Waals surface area contributed by atoms with Gasteiger partial charge in [0.25, 0.3) is 5.56 Å². The first-order chi connectivity index (χ1) is 13.8. The summed E-state index contributed by atoms with van der Waals surface area (Å²) in [5.41, 5.74) is 2.24. The molecular formula is C21H22ClN3O3S. The van der Waals surface area contributed by atoms with Gasteiger partial charge in [-0.05, 0) is 56.5 Å². The number of rotatable bonds is 3. The van der Waals surface area contributed by atoms with Crippen LogP contribution in [0.15, 0.2) is 52.4 Å². The molecule has 3 aromatic rings. The molecule has 0 amide bonds. The minimum Gasteiger partial charge on any atom is -0.296 e. The normalized spacial score (nSPS) is 16.4. The van der Waals surface area contributed by atoms with Crippen LogP contribution in [-0.4, -0.2) is 35.4 Å². The van der Waals surface area contributed by atoms with Crippen molar-refractivity contribution in [1.82, 2.24) is 13.9 Å². The second kappa shape index (κ2) is 7.55. The SMILES string of the molecule is Cc1ccc(S(=O)(=O)N2CCC(n3cnc4ccc(Cl)cc4c3=O)CC2)c(C)c1. The van der Waals surface area contributed by atoms with E-state index in [4.69, 9.17) is 11.6 Å². The number of nitrogens with zero attached hydrogens (tertiary/aromatic N) is 3. The van der Waals surface area contributed by atoms with Crippen LogP contribution in [0.5, 0.6) is 0 Å². The Kier molecular flexibility index (Phi) is 5.23. The van der Waals surface area contributed by atoms with E-state index in [1.807, 2.05) is 26.0 Å². The molecule has 0 N–H and O–H groups in total. The summed E-state index contributed by atoms with van der Waals surface area (Å²) in [5, 5.41) is 0.967. The molecule has 1 saturated heterocycles. The van der Waals surface area contributed by atoms with Gasteiger partial charge in [0.15, 0.2) is 0 Å². The van der Waals surface area contributed by atoms with Gasteiger partial charge in [-0.15, -0.1) is 0 Å². The molecule has 2 aromatic carbocycles. The summed E-state index contributed by atoms with van der Waals surface area (Å²) in [5.74, 6) is 0. The molecule has 29 heavy (non-hydrogen) atoms. The van der Waals surface area contributed by atoms with Gasteiger partial charge in [0.1, 0.15) is 0 Å². The third-order valence-corrected chi connectivity index (χ3v) is 7.80. The van der Waals surface area contributed by atoms with E-state index in [1.165, 1.54) is 4.31 Å². The van der Waals surface area contributed by atoms with Crippen LogP contribution < -0.4 is 5.56 Å². The van der Waals surface area contributed by atoms with Crippen molar-refractivity contribution in [1.29, 1.82) is 0 Å². The highest BCUT2D eigenvalue weighted by Gasteiger charge is 2.31. The molecule has 1 fully saturated rings. The molecule has 1 aliphatic heterocycles. The number of sulfonamides is 1. The van der Waals surface area contributed by atoms with Gasteiger partial charge in [-0.1, -0.05) is 29.3 Å². The molecule has 1 aromatic heterocycles. The predicted octanol–water partition coefficient (Wildman–Crippen LogP) is 3.69. The third-order valence-electron chi connectivity index (χ3n) is 5.51. The van der Waals surface area contributed by atoms with E-state index in [-0.39, 0.29) is 11.6 Å². The van der Waals surface area contributed by atoms with Crippen LogP contribution in [-0.2, 0) is 10.0 Å². The molecule has 1 aliphatic rings.